The number of ketones is 1. The molecule has 1 aliphatic carbocycles. The third-order valence-electron chi connectivity index (χ3n) is 3.36. The number of Topliss-reactive ketones (excluding diaryl/α,β-unsaturated/α-hetero) is 1. The summed E-state index contributed by atoms with van der Waals surface area (Å²) in [6.07, 6.45) is -2.36. The molecular formula is C10H13F3N4O. The third-order valence-corrected chi connectivity index (χ3v) is 3.36. The molecule has 0 atom stereocenters. The second kappa shape index (κ2) is 4.66. The monoisotopic (exact) mass is 262 g/mol. The van der Waals surface area contributed by atoms with Crippen molar-refractivity contribution in [1.82, 2.24) is 20.2 Å². The van der Waals surface area contributed by atoms with Crippen LogP contribution in [0, 0.1) is 5.92 Å². The second-order valence-electron chi connectivity index (χ2n) is 4.56. The summed E-state index contributed by atoms with van der Waals surface area (Å²) in [5.41, 5.74) is 0. The Balaban J connectivity index is 2.11. The van der Waals surface area contributed by atoms with Crippen molar-refractivity contribution in [3.8, 4) is 0 Å². The smallest absolute Gasteiger partial charge is 0.300 e. The maximum atomic E-state index is 12.6. The largest absolute Gasteiger partial charge is 0.453 e. The van der Waals surface area contributed by atoms with Crippen molar-refractivity contribution in [1.29, 1.82) is 0 Å². The van der Waals surface area contributed by atoms with E-state index < -0.39 is 12.0 Å². The highest BCUT2D eigenvalue weighted by Gasteiger charge is 2.40. The quantitative estimate of drug-likeness (QED) is 0.818. The fourth-order valence-corrected chi connectivity index (χ4v) is 2.35. The summed E-state index contributed by atoms with van der Waals surface area (Å²) in [6.45, 7) is 1.52. The number of aromatic nitrogens is 4. The molecule has 1 fully saturated rings. The summed E-state index contributed by atoms with van der Waals surface area (Å²) in [5.74, 6) is -0.998. The van der Waals surface area contributed by atoms with Crippen molar-refractivity contribution >= 4 is 5.78 Å². The number of carbonyl (C=O) groups is 1. The molecule has 0 unspecified atom stereocenters. The van der Waals surface area contributed by atoms with Gasteiger partial charge in [0.15, 0.2) is 0 Å². The van der Waals surface area contributed by atoms with Gasteiger partial charge in [0, 0.05) is 5.92 Å². The molecule has 0 saturated heterocycles. The maximum absolute atomic E-state index is 12.6. The van der Waals surface area contributed by atoms with Crippen LogP contribution in [0.5, 0.6) is 0 Å². The first-order valence-electron chi connectivity index (χ1n) is 5.75. The molecule has 100 valence electrons. The van der Waals surface area contributed by atoms with Crippen molar-refractivity contribution < 1.29 is 18.0 Å². The van der Waals surface area contributed by atoms with Gasteiger partial charge in [0.1, 0.15) is 5.78 Å². The van der Waals surface area contributed by atoms with Gasteiger partial charge >= 0.3 is 6.18 Å². The third kappa shape index (κ3) is 2.51. The van der Waals surface area contributed by atoms with Crippen LogP contribution in [0.3, 0.4) is 0 Å². The van der Waals surface area contributed by atoms with Crippen LogP contribution in [-0.4, -0.2) is 26.0 Å². The Hall–Kier alpha value is -1.47. The van der Waals surface area contributed by atoms with E-state index in [9.17, 15) is 18.0 Å². The molecule has 0 spiro atoms. The lowest BCUT2D eigenvalue weighted by Gasteiger charge is -2.27. The van der Waals surface area contributed by atoms with Gasteiger partial charge in [0.05, 0.1) is 6.04 Å². The molecule has 0 aromatic carbocycles. The average molecular weight is 262 g/mol. The van der Waals surface area contributed by atoms with Crippen molar-refractivity contribution in [2.45, 2.75) is 44.8 Å². The van der Waals surface area contributed by atoms with E-state index >= 15 is 0 Å². The zero-order chi connectivity index (χ0) is 13.3. The van der Waals surface area contributed by atoms with Gasteiger partial charge in [-0.05, 0) is 43.0 Å². The average Bonchev–Trinajstić information content (AvgIpc) is 2.77. The van der Waals surface area contributed by atoms with Crippen molar-refractivity contribution in [3.05, 3.63) is 5.82 Å². The first-order chi connectivity index (χ1) is 8.39. The number of carbonyl (C=O) groups excluding carboxylic acids is 1. The van der Waals surface area contributed by atoms with Crippen LogP contribution in [-0.2, 0) is 11.0 Å². The molecule has 1 heterocycles. The van der Waals surface area contributed by atoms with E-state index in [1.165, 1.54) is 6.92 Å². The lowest BCUT2D eigenvalue weighted by atomic mass is 9.84. The molecule has 1 aliphatic rings. The van der Waals surface area contributed by atoms with E-state index in [0.717, 1.165) is 4.68 Å². The van der Waals surface area contributed by atoms with Gasteiger partial charge in [-0.3, -0.25) is 4.79 Å². The lowest BCUT2D eigenvalue weighted by Crippen LogP contribution is -2.26. The molecule has 0 N–H and O–H groups in total. The van der Waals surface area contributed by atoms with E-state index in [1.54, 1.807) is 0 Å². The molecule has 1 saturated carbocycles. The summed E-state index contributed by atoms with van der Waals surface area (Å²) in [5, 5.41) is 9.55. The molecule has 5 nitrogen and oxygen atoms in total. The van der Waals surface area contributed by atoms with Crippen LogP contribution in [0.25, 0.3) is 0 Å². The van der Waals surface area contributed by atoms with Crippen LogP contribution in [0.15, 0.2) is 0 Å². The van der Waals surface area contributed by atoms with Gasteiger partial charge < -0.3 is 0 Å². The second-order valence-corrected chi connectivity index (χ2v) is 4.56. The van der Waals surface area contributed by atoms with Crippen LogP contribution >= 0.6 is 0 Å². The molecule has 0 bridgehead atoms. The molecule has 0 aliphatic heterocycles. The molecule has 1 aromatic heterocycles. The molecule has 2 rings (SSSR count). The number of hydrogen-bond acceptors (Lipinski definition) is 4. The zero-order valence-electron chi connectivity index (χ0n) is 9.81. The van der Waals surface area contributed by atoms with Crippen molar-refractivity contribution in [2.24, 2.45) is 5.92 Å². The molecule has 18 heavy (non-hydrogen) atoms. The number of rotatable bonds is 2. The van der Waals surface area contributed by atoms with E-state index in [1.807, 2.05) is 0 Å². The van der Waals surface area contributed by atoms with E-state index in [4.69, 9.17) is 0 Å². The van der Waals surface area contributed by atoms with Gasteiger partial charge in [-0.15, -0.1) is 5.10 Å². The highest BCUT2D eigenvalue weighted by atomic mass is 19.4. The predicted molar refractivity (Wildman–Crippen MR) is 54.5 cm³/mol. The minimum atomic E-state index is -4.54. The Morgan fingerprint density at radius 3 is 2.39 bits per heavy atom. The summed E-state index contributed by atoms with van der Waals surface area (Å²) in [7, 11) is 0. The van der Waals surface area contributed by atoms with Crippen LogP contribution in [0.1, 0.15) is 44.5 Å². The van der Waals surface area contributed by atoms with Gasteiger partial charge in [-0.1, -0.05) is 0 Å². The summed E-state index contributed by atoms with van der Waals surface area (Å²) < 4.78 is 38.7. The maximum Gasteiger partial charge on any atom is 0.453 e. The fraction of sp³-hybridized carbons (Fsp3) is 0.800. The Morgan fingerprint density at radius 1 is 1.28 bits per heavy atom. The zero-order valence-corrected chi connectivity index (χ0v) is 9.81. The molecule has 0 radical (unpaired) electrons. The molecule has 1 aromatic rings. The minimum Gasteiger partial charge on any atom is -0.300 e. The lowest BCUT2D eigenvalue weighted by molar-refractivity contribution is -0.149. The SMILES string of the molecule is CC(=O)C1CCC(n2nnnc2C(F)(F)F)CC1. The van der Waals surface area contributed by atoms with E-state index in [2.05, 4.69) is 15.5 Å². The highest BCUT2D eigenvalue weighted by Crippen LogP contribution is 2.35. The minimum absolute atomic E-state index is 0.0351. The van der Waals surface area contributed by atoms with Gasteiger partial charge in [-0.25, -0.2) is 4.68 Å². The molecule has 0 amide bonds. The topological polar surface area (TPSA) is 60.7 Å². The predicted octanol–water partition coefficient (Wildman–Crippen LogP) is 2.01. The summed E-state index contributed by atoms with van der Waals surface area (Å²) in [4.78, 5) is 11.2. The number of hydrogen-bond donors (Lipinski definition) is 0. The number of halogens is 3. The van der Waals surface area contributed by atoms with E-state index in [0.29, 0.717) is 25.7 Å². The van der Waals surface area contributed by atoms with Crippen LogP contribution in [0.2, 0.25) is 0 Å². The number of alkyl halides is 3. The molecular weight excluding hydrogens is 249 g/mol. The van der Waals surface area contributed by atoms with Gasteiger partial charge in [0.25, 0.3) is 5.82 Å². The summed E-state index contributed by atoms with van der Waals surface area (Å²) in [6, 6.07) is -0.368. The highest BCUT2D eigenvalue weighted by molar-refractivity contribution is 5.78. The Kier molecular flexibility index (Phi) is 3.36. The number of tetrazole rings is 1. The molecule has 8 heteroatoms. The van der Waals surface area contributed by atoms with E-state index in [-0.39, 0.29) is 17.7 Å². The Morgan fingerprint density at radius 2 is 1.89 bits per heavy atom. The fourth-order valence-electron chi connectivity index (χ4n) is 2.35. The van der Waals surface area contributed by atoms with Crippen LogP contribution in [0.4, 0.5) is 13.2 Å². The van der Waals surface area contributed by atoms with Crippen molar-refractivity contribution in [2.75, 3.05) is 0 Å². The first kappa shape index (κ1) is 13.0. The Bertz CT molecular complexity index is 435. The first-order valence-corrected chi connectivity index (χ1v) is 5.75. The normalized spacial score (nSPS) is 25.1. The number of nitrogens with zero attached hydrogens (tertiary/aromatic N) is 4. The summed E-state index contributed by atoms with van der Waals surface area (Å²) >= 11 is 0. The van der Waals surface area contributed by atoms with Crippen LogP contribution < -0.4 is 0 Å². The standard InChI is InChI=1S/C10H13F3N4O/c1-6(18)7-2-4-8(5-3-7)17-9(10(11,12)13)14-15-16-17/h7-8H,2-5H2,1H3. The van der Waals surface area contributed by atoms with Gasteiger partial charge in [0.2, 0.25) is 0 Å². The van der Waals surface area contributed by atoms with Crippen molar-refractivity contribution in [3.63, 3.8) is 0 Å². The Labute approximate surface area is 101 Å². The van der Waals surface area contributed by atoms with Gasteiger partial charge in [-0.2, -0.15) is 13.2 Å².